The second kappa shape index (κ2) is 6.37. The fourth-order valence-corrected chi connectivity index (χ4v) is 2.73. The molecular weight excluding hydrogens is 298 g/mol. The van der Waals surface area contributed by atoms with Crippen molar-refractivity contribution in [2.24, 2.45) is 0 Å². The molecule has 7 heteroatoms. The largest absolute Gasteiger partial charge is 0.463 e. The highest BCUT2D eigenvalue weighted by Gasteiger charge is 2.26. The van der Waals surface area contributed by atoms with Crippen molar-refractivity contribution in [2.45, 2.75) is 32.6 Å². The van der Waals surface area contributed by atoms with E-state index < -0.39 is 0 Å². The number of morpholine rings is 1. The number of aromatic nitrogens is 2. The molecule has 7 nitrogen and oxygen atoms in total. The molecule has 1 fully saturated rings. The van der Waals surface area contributed by atoms with Gasteiger partial charge in [0.1, 0.15) is 12.2 Å². The molecule has 2 aromatic rings. The number of furan rings is 1. The summed E-state index contributed by atoms with van der Waals surface area (Å²) in [6, 6.07) is 6.47. The third-order valence-electron chi connectivity index (χ3n) is 3.70. The molecule has 122 valence electrons. The minimum Gasteiger partial charge on any atom is -0.463 e. The number of amides is 1. The van der Waals surface area contributed by atoms with Crippen LogP contribution < -0.4 is 5.56 Å². The van der Waals surface area contributed by atoms with Crippen LogP contribution in [0, 0.1) is 0 Å². The highest BCUT2D eigenvalue weighted by molar-refractivity contribution is 5.76. The Morgan fingerprint density at radius 3 is 2.65 bits per heavy atom. The first kappa shape index (κ1) is 15.5. The van der Waals surface area contributed by atoms with E-state index in [9.17, 15) is 9.59 Å². The summed E-state index contributed by atoms with van der Waals surface area (Å²) in [5.74, 6) is 0.415. The maximum Gasteiger partial charge on any atom is 0.267 e. The first-order valence-electron chi connectivity index (χ1n) is 7.58. The van der Waals surface area contributed by atoms with Crippen molar-refractivity contribution in [1.29, 1.82) is 0 Å². The third-order valence-corrected chi connectivity index (χ3v) is 3.70. The number of rotatable bonds is 3. The van der Waals surface area contributed by atoms with E-state index in [1.807, 2.05) is 13.8 Å². The van der Waals surface area contributed by atoms with E-state index in [1.165, 1.54) is 17.0 Å². The van der Waals surface area contributed by atoms with Crippen molar-refractivity contribution in [1.82, 2.24) is 14.7 Å². The molecule has 0 bridgehead atoms. The van der Waals surface area contributed by atoms with Gasteiger partial charge in [-0.1, -0.05) is 0 Å². The molecule has 2 atom stereocenters. The van der Waals surface area contributed by atoms with Crippen LogP contribution in [-0.2, 0) is 16.1 Å². The van der Waals surface area contributed by atoms with Crippen LogP contribution in [0.15, 0.2) is 39.7 Å². The van der Waals surface area contributed by atoms with Crippen LogP contribution in [0.25, 0.3) is 11.5 Å². The number of carbonyl (C=O) groups is 1. The minimum absolute atomic E-state index is 0.0122. The molecular formula is C16H19N3O4. The van der Waals surface area contributed by atoms with E-state index in [4.69, 9.17) is 9.15 Å². The van der Waals surface area contributed by atoms with Crippen LogP contribution in [0.3, 0.4) is 0 Å². The highest BCUT2D eigenvalue weighted by atomic mass is 16.5. The molecule has 0 radical (unpaired) electrons. The average Bonchev–Trinajstić information content (AvgIpc) is 3.02. The molecule has 23 heavy (non-hydrogen) atoms. The average molecular weight is 317 g/mol. The van der Waals surface area contributed by atoms with Gasteiger partial charge in [0.05, 0.1) is 18.5 Å². The summed E-state index contributed by atoms with van der Waals surface area (Å²) < 4.78 is 12.1. The SMILES string of the molecule is CC1CN(C(=O)Cn2nc(-c3ccco3)ccc2=O)CC(C)O1. The zero-order chi connectivity index (χ0) is 16.4. The minimum atomic E-state index is -0.317. The Bertz CT molecular complexity index is 728. The Morgan fingerprint density at radius 2 is 2.00 bits per heavy atom. The lowest BCUT2D eigenvalue weighted by Gasteiger charge is -2.35. The van der Waals surface area contributed by atoms with Crippen molar-refractivity contribution < 1.29 is 13.9 Å². The van der Waals surface area contributed by atoms with Gasteiger partial charge in [-0.2, -0.15) is 5.10 Å². The molecule has 0 aliphatic carbocycles. The molecule has 0 saturated carbocycles. The predicted octanol–water partition coefficient (Wildman–Crippen LogP) is 1.14. The van der Waals surface area contributed by atoms with Gasteiger partial charge in [-0.05, 0) is 32.0 Å². The molecule has 3 rings (SSSR count). The van der Waals surface area contributed by atoms with Gasteiger partial charge in [0.15, 0.2) is 5.76 Å². The summed E-state index contributed by atoms with van der Waals surface area (Å²) >= 11 is 0. The van der Waals surface area contributed by atoms with Crippen LogP contribution in [0.4, 0.5) is 0 Å². The summed E-state index contributed by atoms with van der Waals surface area (Å²) in [5, 5.41) is 4.22. The fraction of sp³-hybridized carbons (Fsp3) is 0.438. The maximum atomic E-state index is 12.5. The number of hydrogen-bond acceptors (Lipinski definition) is 5. The van der Waals surface area contributed by atoms with Gasteiger partial charge in [-0.15, -0.1) is 0 Å². The molecule has 0 spiro atoms. The quantitative estimate of drug-likeness (QED) is 0.848. The molecule has 0 aromatic carbocycles. The Balaban J connectivity index is 1.78. The van der Waals surface area contributed by atoms with Crippen LogP contribution in [0.2, 0.25) is 0 Å². The zero-order valence-corrected chi connectivity index (χ0v) is 13.1. The first-order chi connectivity index (χ1) is 11.0. The molecule has 1 aliphatic rings. The van der Waals surface area contributed by atoms with E-state index in [0.717, 1.165) is 0 Å². The Kier molecular flexibility index (Phi) is 4.29. The standard InChI is InChI=1S/C16H19N3O4/c1-11-8-18(9-12(2)23-11)16(21)10-19-15(20)6-5-13(17-19)14-4-3-7-22-14/h3-7,11-12H,8-10H2,1-2H3. The van der Waals surface area contributed by atoms with Gasteiger partial charge in [-0.3, -0.25) is 9.59 Å². The van der Waals surface area contributed by atoms with E-state index >= 15 is 0 Å². The molecule has 3 heterocycles. The summed E-state index contributed by atoms with van der Waals surface area (Å²) in [4.78, 5) is 26.1. The lowest BCUT2D eigenvalue weighted by atomic mass is 10.2. The molecule has 2 aromatic heterocycles. The second-order valence-corrected chi connectivity index (χ2v) is 5.75. The van der Waals surface area contributed by atoms with E-state index in [0.29, 0.717) is 24.5 Å². The van der Waals surface area contributed by atoms with Crippen molar-refractivity contribution >= 4 is 5.91 Å². The van der Waals surface area contributed by atoms with E-state index in [2.05, 4.69) is 5.10 Å². The van der Waals surface area contributed by atoms with Crippen LogP contribution in [0.1, 0.15) is 13.8 Å². The summed E-state index contributed by atoms with van der Waals surface area (Å²) in [7, 11) is 0. The fourth-order valence-electron chi connectivity index (χ4n) is 2.73. The van der Waals surface area contributed by atoms with Gasteiger partial charge in [0.2, 0.25) is 5.91 Å². The summed E-state index contributed by atoms with van der Waals surface area (Å²) in [6.45, 7) is 4.81. The molecule has 1 aliphatic heterocycles. The second-order valence-electron chi connectivity index (χ2n) is 5.75. The number of nitrogens with zero attached hydrogens (tertiary/aromatic N) is 3. The number of ether oxygens (including phenoxy) is 1. The lowest BCUT2D eigenvalue weighted by Crippen LogP contribution is -2.49. The van der Waals surface area contributed by atoms with Crippen molar-refractivity contribution in [3.8, 4) is 11.5 Å². The summed E-state index contributed by atoms with van der Waals surface area (Å²) in [6.07, 6.45) is 1.51. The van der Waals surface area contributed by atoms with Crippen LogP contribution in [0.5, 0.6) is 0 Å². The molecule has 0 N–H and O–H groups in total. The Hall–Kier alpha value is -2.41. The molecule has 1 saturated heterocycles. The smallest absolute Gasteiger partial charge is 0.267 e. The lowest BCUT2D eigenvalue weighted by molar-refractivity contribution is -0.144. The van der Waals surface area contributed by atoms with E-state index in [1.54, 1.807) is 23.1 Å². The van der Waals surface area contributed by atoms with Gasteiger partial charge < -0.3 is 14.1 Å². The van der Waals surface area contributed by atoms with Crippen molar-refractivity contribution in [3.05, 3.63) is 40.9 Å². The van der Waals surface area contributed by atoms with Gasteiger partial charge >= 0.3 is 0 Å². The highest BCUT2D eigenvalue weighted by Crippen LogP contribution is 2.15. The monoisotopic (exact) mass is 317 g/mol. The van der Waals surface area contributed by atoms with Gasteiger partial charge in [0.25, 0.3) is 5.56 Å². The van der Waals surface area contributed by atoms with Gasteiger partial charge in [-0.25, -0.2) is 4.68 Å². The van der Waals surface area contributed by atoms with E-state index in [-0.39, 0.29) is 30.2 Å². The normalized spacial score (nSPS) is 21.4. The topological polar surface area (TPSA) is 77.6 Å². The third kappa shape index (κ3) is 3.50. The Labute approximate surface area is 133 Å². The molecule has 2 unspecified atom stereocenters. The van der Waals surface area contributed by atoms with Gasteiger partial charge in [0, 0.05) is 19.2 Å². The maximum absolute atomic E-state index is 12.5. The van der Waals surface area contributed by atoms with Crippen molar-refractivity contribution in [3.63, 3.8) is 0 Å². The Morgan fingerprint density at radius 1 is 1.26 bits per heavy atom. The van der Waals surface area contributed by atoms with Crippen LogP contribution in [-0.4, -0.2) is 45.9 Å². The zero-order valence-electron chi connectivity index (χ0n) is 13.1. The number of hydrogen-bond donors (Lipinski definition) is 0. The molecule has 1 amide bonds. The van der Waals surface area contributed by atoms with Crippen LogP contribution >= 0.6 is 0 Å². The van der Waals surface area contributed by atoms with Crippen molar-refractivity contribution in [2.75, 3.05) is 13.1 Å². The first-order valence-corrected chi connectivity index (χ1v) is 7.58. The number of carbonyl (C=O) groups excluding carboxylic acids is 1. The summed E-state index contributed by atoms with van der Waals surface area (Å²) in [5.41, 5.74) is 0.203. The predicted molar refractivity (Wildman–Crippen MR) is 82.8 cm³/mol.